The van der Waals surface area contributed by atoms with Gasteiger partial charge < -0.3 is 9.47 Å². The number of aromatic nitrogens is 1. The molecule has 0 bridgehead atoms. The molecular weight excluding hydrogens is 232 g/mol. The van der Waals surface area contributed by atoms with Gasteiger partial charge in [0.15, 0.2) is 0 Å². The van der Waals surface area contributed by atoms with Gasteiger partial charge >= 0.3 is 5.97 Å². The van der Waals surface area contributed by atoms with Crippen molar-refractivity contribution in [3.05, 3.63) is 23.5 Å². The maximum atomic E-state index is 11.3. The summed E-state index contributed by atoms with van der Waals surface area (Å²) in [5.41, 5.74) is 1.77. The second-order valence-corrected chi connectivity index (χ2v) is 4.12. The predicted molar refractivity (Wildman–Crippen MR) is 68.5 cm³/mol. The van der Waals surface area contributed by atoms with Crippen LogP contribution in [0.15, 0.2) is 12.1 Å². The number of rotatable bonds is 6. The van der Waals surface area contributed by atoms with E-state index in [2.05, 4.69) is 4.98 Å². The third-order valence-electron chi connectivity index (χ3n) is 2.35. The Bertz CT molecular complexity index is 407. The molecule has 1 rings (SSSR count). The van der Waals surface area contributed by atoms with E-state index in [0.29, 0.717) is 13.2 Å². The highest BCUT2D eigenvalue weighted by atomic mass is 16.5. The predicted octanol–water partition coefficient (Wildman–Crippen LogP) is 1.39. The molecule has 0 saturated heterocycles. The molecule has 5 heteroatoms. The van der Waals surface area contributed by atoms with Gasteiger partial charge in [0.2, 0.25) is 0 Å². The first-order chi connectivity index (χ1) is 8.55. The van der Waals surface area contributed by atoms with Crippen LogP contribution in [0.25, 0.3) is 0 Å². The Hall–Kier alpha value is -1.62. The molecule has 0 aliphatic heterocycles. The Morgan fingerprint density at radius 2 is 2.17 bits per heavy atom. The number of hydrogen-bond acceptors (Lipinski definition) is 5. The number of hydrogen-bond donors (Lipinski definition) is 0. The van der Waals surface area contributed by atoms with E-state index in [-0.39, 0.29) is 12.5 Å². The molecule has 1 aromatic rings. The molecule has 0 spiro atoms. The quantitative estimate of drug-likeness (QED) is 0.716. The van der Waals surface area contributed by atoms with Crippen LogP contribution in [0.4, 0.5) is 0 Å². The van der Waals surface area contributed by atoms with Crippen molar-refractivity contribution in [3.8, 4) is 5.75 Å². The van der Waals surface area contributed by atoms with Crippen LogP contribution in [-0.2, 0) is 16.1 Å². The van der Waals surface area contributed by atoms with Crippen LogP contribution < -0.4 is 4.74 Å². The topological polar surface area (TPSA) is 51.7 Å². The first-order valence-corrected chi connectivity index (χ1v) is 5.91. The molecule has 0 unspecified atom stereocenters. The van der Waals surface area contributed by atoms with Gasteiger partial charge in [0, 0.05) is 24.4 Å². The average molecular weight is 252 g/mol. The van der Waals surface area contributed by atoms with Crippen LogP contribution >= 0.6 is 0 Å². The molecule has 100 valence electrons. The van der Waals surface area contributed by atoms with Crippen molar-refractivity contribution >= 4 is 5.97 Å². The van der Waals surface area contributed by atoms with Gasteiger partial charge in [-0.25, -0.2) is 0 Å². The Labute approximate surface area is 108 Å². The molecule has 0 amide bonds. The summed E-state index contributed by atoms with van der Waals surface area (Å²) in [5, 5.41) is 0. The number of nitrogens with zero attached hydrogens (tertiary/aromatic N) is 2. The van der Waals surface area contributed by atoms with Crippen molar-refractivity contribution in [1.29, 1.82) is 0 Å². The minimum Gasteiger partial charge on any atom is -0.497 e. The first kappa shape index (κ1) is 14.4. The number of pyridine rings is 1. The van der Waals surface area contributed by atoms with E-state index < -0.39 is 0 Å². The molecule has 0 fully saturated rings. The van der Waals surface area contributed by atoms with Gasteiger partial charge in [-0.3, -0.25) is 14.7 Å². The van der Waals surface area contributed by atoms with E-state index >= 15 is 0 Å². The summed E-state index contributed by atoms with van der Waals surface area (Å²) < 4.78 is 10.1. The molecule has 1 aromatic heterocycles. The molecule has 0 aliphatic rings. The zero-order valence-corrected chi connectivity index (χ0v) is 11.4. The molecule has 0 aromatic carbocycles. The Balaban J connectivity index is 2.61. The fraction of sp³-hybridized carbons (Fsp3) is 0.538. The van der Waals surface area contributed by atoms with Gasteiger partial charge in [-0.15, -0.1) is 0 Å². The second kappa shape index (κ2) is 6.96. The molecule has 0 atom stereocenters. The lowest BCUT2D eigenvalue weighted by molar-refractivity contribution is -0.144. The fourth-order valence-electron chi connectivity index (χ4n) is 1.66. The van der Waals surface area contributed by atoms with Crippen LogP contribution in [0.3, 0.4) is 0 Å². The van der Waals surface area contributed by atoms with Crippen LogP contribution in [0.5, 0.6) is 5.75 Å². The molecule has 0 N–H and O–H groups in total. The number of ether oxygens (including phenoxy) is 2. The Morgan fingerprint density at radius 1 is 1.44 bits per heavy atom. The lowest BCUT2D eigenvalue weighted by Crippen LogP contribution is -2.27. The van der Waals surface area contributed by atoms with Crippen molar-refractivity contribution in [1.82, 2.24) is 9.88 Å². The molecule has 1 heterocycles. The third-order valence-corrected chi connectivity index (χ3v) is 2.35. The summed E-state index contributed by atoms with van der Waals surface area (Å²) in [4.78, 5) is 17.6. The smallest absolute Gasteiger partial charge is 0.320 e. The average Bonchev–Trinajstić information content (AvgIpc) is 2.27. The van der Waals surface area contributed by atoms with Gasteiger partial charge in [-0.1, -0.05) is 0 Å². The molecule has 5 nitrogen and oxygen atoms in total. The largest absolute Gasteiger partial charge is 0.497 e. The summed E-state index contributed by atoms with van der Waals surface area (Å²) in [6, 6.07) is 3.74. The van der Waals surface area contributed by atoms with Crippen LogP contribution in [0, 0.1) is 6.92 Å². The van der Waals surface area contributed by atoms with E-state index in [1.54, 1.807) is 14.0 Å². The van der Waals surface area contributed by atoms with Gasteiger partial charge in [-0.2, -0.15) is 0 Å². The highest BCUT2D eigenvalue weighted by Crippen LogP contribution is 2.14. The van der Waals surface area contributed by atoms with Gasteiger partial charge in [0.25, 0.3) is 0 Å². The number of likely N-dealkylation sites (N-methyl/N-ethyl adjacent to an activating group) is 1. The first-order valence-electron chi connectivity index (χ1n) is 5.91. The van der Waals surface area contributed by atoms with Crippen molar-refractivity contribution in [2.45, 2.75) is 20.4 Å². The van der Waals surface area contributed by atoms with Crippen molar-refractivity contribution in [2.75, 3.05) is 27.3 Å². The van der Waals surface area contributed by atoms with E-state index in [9.17, 15) is 4.79 Å². The third kappa shape index (κ3) is 4.71. The molecule has 0 radical (unpaired) electrons. The lowest BCUT2D eigenvalue weighted by atomic mass is 10.3. The van der Waals surface area contributed by atoms with E-state index in [1.807, 2.05) is 31.0 Å². The summed E-state index contributed by atoms with van der Waals surface area (Å²) in [5.74, 6) is 0.557. The minimum absolute atomic E-state index is 0.223. The van der Waals surface area contributed by atoms with Crippen LogP contribution in [-0.4, -0.2) is 43.2 Å². The van der Waals surface area contributed by atoms with Crippen LogP contribution in [0.2, 0.25) is 0 Å². The molecule has 0 saturated carbocycles. The maximum absolute atomic E-state index is 11.3. The maximum Gasteiger partial charge on any atom is 0.320 e. The van der Waals surface area contributed by atoms with Crippen molar-refractivity contribution in [2.24, 2.45) is 0 Å². The van der Waals surface area contributed by atoms with Crippen LogP contribution in [0.1, 0.15) is 18.3 Å². The number of carbonyl (C=O) groups is 1. The van der Waals surface area contributed by atoms with Crippen molar-refractivity contribution < 1.29 is 14.3 Å². The highest BCUT2D eigenvalue weighted by Gasteiger charge is 2.09. The zero-order chi connectivity index (χ0) is 13.5. The summed E-state index contributed by atoms with van der Waals surface area (Å²) >= 11 is 0. The van der Waals surface area contributed by atoms with Gasteiger partial charge in [0.05, 0.1) is 26.0 Å². The normalized spacial score (nSPS) is 10.5. The monoisotopic (exact) mass is 252 g/mol. The Morgan fingerprint density at radius 3 is 2.78 bits per heavy atom. The second-order valence-electron chi connectivity index (χ2n) is 4.12. The number of carbonyl (C=O) groups excluding carboxylic acids is 1. The lowest BCUT2D eigenvalue weighted by Gasteiger charge is -2.15. The number of methoxy groups -OCH3 is 1. The molecule has 18 heavy (non-hydrogen) atoms. The van der Waals surface area contributed by atoms with E-state index in [1.165, 1.54) is 0 Å². The standard InChI is InChI=1S/C13H20N2O3/c1-5-18-13(16)9-15(3)8-11-7-12(17-4)6-10(2)14-11/h6-7H,5,8-9H2,1-4H3. The van der Waals surface area contributed by atoms with Crippen molar-refractivity contribution in [3.63, 3.8) is 0 Å². The summed E-state index contributed by atoms with van der Waals surface area (Å²) in [6.45, 7) is 4.95. The summed E-state index contributed by atoms with van der Waals surface area (Å²) in [7, 11) is 3.48. The van der Waals surface area contributed by atoms with E-state index in [4.69, 9.17) is 9.47 Å². The Kier molecular flexibility index (Phi) is 5.58. The van der Waals surface area contributed by atoms with Gasteiger partial charge in [0.1, 0.15) is 5.75 Å². The number of aryl methyl sites for hydroxylation is 1. The fourth-order valence-corrected chi connectivity index (χ4v) is 1.66. The van der Waals surface area contributed by atoms with Gasteiger partial charge in [-0.05, 0) is 20.9 Å². The summed E-state index contributed by atoms with van der Waals surface area (Å²) in [6.07, 6.45) is 0. The SMILES string of the molecule is CCOC(=O)CN(C)Cc1cc(OC)cc(C)n1. The van der Waals surface area contributed by atoms with E-state index in [0.717, 1.165) is 17.1 Å². The molecule has 0 aliphatic carbocycles. The number of esters is 1. The highest BCUT2D eigenvalue weighted by molar-refractivity contribution is 5.71. The molecular formula is C13H20N2O3. The minimum atomic E-state index is -0.223. The zero-order valence-electron chi connectivity index (χ0n) is 11.4.